The monoisotopic (exact) mass is 529 g/mol. The number of carboxylic acid groups (broad SMARTS) is 1. The van der Waals surface area contributed by atoms with E-state index in [1.165, 1.54) is 16.7 Å². The number of nitrogens with zero attached hydrogens (tertiary/aromatic N) is 3. The highest BCUT2D eigenvalue weighted by Crippen LogP contribution is 2.37. The second kappa shape index (κ2) is 9.92. The minimum Gasteiger partial charge on any atom is -0.478 e. The molecule has 8 heteroatoms. The molecule has 1 aliphatic heterocycles. The predicted molar refractivity (Wildman–Crippen MR) is 151 cm³/mol. The number of carbonyl (C=O) groups is 2. The number of carbonyl (C=O) groups excluding carboxylic acids is 1. The molecule has 6 nitrogen and oxygen atoms in total. The molecule has 37 heavy (non-hydrogen) atoms. The lowest BCUT2D eigenvalue weighted by atomic mass is 10.1. The lowest BCUT2D eigenvalue weighted by Crippen LogP contribution is -2.23. The SMILES string of the molecule is Cc1c(N=C2S/C(=C\c3c(C)n(Cc4ccccc4Cl)c4ccccc34)C(=O)N2C)cccc1C(=O)O. The van der Waals surface area contributed by atoms with Crippen LogP contribution in [0.4, 0.5) is 5.69 Å². The van der Waals surface area contributed by atoms with Crippen LogP contribution in [0.15, 0.2) is 76.6 Å². The van der Waals surface area contributed by atoms with Crippen molar-refractivity contribution in [2.45, 2.75) is 20.4 Å². The van der Waals surface area contributed by atoms with Gasteiger partial charge in [0.15, 0.2) is 5.17 Å². The van der Waals surface area contributed by atoms with Crippen molar-refractivity contribution in [2.24, 2.45) is 4.99 Å². The number of rotatable bonds is 5. The maximum absolute atomic E-state index is 13.2. The number of aromatic nitrogens is 1. The van der Waals surface area contributed by atoms with E-state index in [9.17, 15) is 14.7 Å². The molecule has 0 unspecified atom stereocenters. The zero-order valence-electron chi connectivity index (χ0n) is 20.5. The van der Waals surface area contributed by atoms with Crippen LogP contribution < -0.4 is 0 Å². The zero-order valence-corrected chi connectivity index (χ0v) is 22.1. The van der Waals surface area contributed by atoms with Gasteiger partial charge in [-0.3, -0.25) is 9.69 Å². The number of thioether (sulfide) groups is 1. The molecule has 1 N–H and O–H groups in total. The third kappa shape index (κ3) is 4.56. The van der Waals surface area contributed by atoms with Gasteiger partial charge in [-0.2, -0.15) is 0 Å². The summed E-state index contributed by atoms with van der Waals surface area (Å²) < 4.78 is 2.21. The number of amides is 1. The highest BCUT2D eigenvalue weighted by molar-refractivity contribution is 8.18. The average Bonchev–Trinajstić information content (AvgIpc) is 3.30. The largest absolute Gasteiger partial charge is 0.478 e. The smallest absolute Gasteiger partial charge is 0.336 e. The van der Waals surface area contributed by atoms with E-state index in [-0.39, 0.29) is 11.5 Å². The zero-order chi connectivity index (χ0) is 26.3. The van der Waals surface area contributed by atoms with Crippen LogP contribution >= 0.6 is 23.4 Å². The Labute approximate surface area is 223 Å². The molecule has 0 saturated carbocycles. The van der Waals surface area contributed by atoms with Gasteiger partial charge >= 0.3 is 5.97 Å². The fourth-order valence-electron chi connectivity index (χ4n) is 4.50. The van der Waals surface area contributed by atoms with Crippen LogP contribution in [0.25, 0.3) is 17.0 Å². The fraction of sp³-hybridized carbons (Fsp3) is 0.138. The number of fused-ring (bicyclic) bond motifs is 1. The Balaban J connectivity index is 1.56. The normalized spacial score (nSPS) is 15.9. The Morgan fingerprint density at radius 1 is 1.05 bits per heavy atom. The number of para-hydroxylation sites is 1. The van der Waals surface area contributed by atoms with Gasteiger partial charge in [-0.05, 0) is 67.1 Å². The number of amidine groups is 1. The summed E-state index contributed by atoms with van der Waals surface area (Å²) in [5.41, 5.74) is 5.35. The topological polar surface area (TPSA) is 74.9 Å². The molecule has 5 rings (SSSR count). The minimum atomic E-state index is -1.01. The fourth-order valence-corrected chi connectivity index (χ4v) is 5.66. The van der Waals surface area contributed by atoms with Gasteiger partial charge in [0.2, 0.25) is 0 Å². The first kappa shape index (κ1) is 24.9. The second-order valence-corrected chi connectivity index (χ2v) is 10.2. The summed E-state index contributed by atoms with van der Waals surface area (Å²) in [7, 11) is 1.68. The van der Waals surface area contributed by atoms with E-state index in [0.29, 0.717) is 32.9 Å². The molecule has 0 bridgehead atoms. The van der Waals surface area contributed by atoms with Gasteiger partial charge in [-0.1, -0.05) is 54.1 Å². The Hall–Kier alpha value is -3.81. The Bertz CT molecular complexity index is 1640. The number of benzene rings is 3. The van der Waals surface area contributed by atoms with E-state index < -0.39 is 5.97 Å². The molecule has 4 aromatic rings. The number of carboxylic acids is 1. The standard InChI is InChI=1S/C29H24ClN3O3S/c1-17-20(28(35)36)11-8-13-24(17)31-29-32(3)27(34)26(37-29)15-22-18(2)33(25-14-7-5-10-21(22)25)16-19-9-4-6-12-23(19)30/h4-15H,16H2,1-3H3,(H,35,36)/b26-15-,31-29?. The van der Waals surface area contributed by atoms with Gasteiger partial charge < -0.3 is 9.67 Å². The molecule has 3 aromatic carbocycles. The molecule has 1 fully saturated rings. The van der Waals surface area contributed by atoms with Gasteiger partial charge in [-0.15, -0.1) is 0 Å². The van der Waals surface area contributed by atoms with Crippen molar-refractivity contribution in [3.05, 3.63) is 105 Å². The van der Waals surface area contributed by atoms with Crippen LogP contribution in [0.2, 0.25) is 5.02 Å². The van der Waals surface area contributed by atoms with Crippen LogP contribution in [0, 0.1) is 13.8 Å². The highest BCUT2D eigenvalue weighted by Gasteiger charge is 2.31. The summed E-state index contributed by atoms with van der Waals surface area (Å²) >= 11 is 7.74. The summed E-state index contributed by atoms with van der Waals surface area (Å²) in [4.78, 5) is 31.4. The van der Waals surface area contributed by atoms with Gasteiger partial charge in [0.1, 0.15) is 0 Å². The first-order chi connectivity index (χ1) is 17.8. The van der Waals surface area contributed by atoms with Crippen LogP contribution in [0.1, 0.15) is 32.7 Å². The lowest BCUT2D eigenvalue weighted by Gasteiger charge is -2.10. The van der Waals surface area contributed by atoms with Crippen molar-refractivity contribution in [3.8, 4) is 0 Å². The van der Waals surface area contributed by atoms with Gasteiger partial charge in [0.05, 0.1) is 16.2 Å². The third-order valence-corrected chi connectivity index (χ3v) is 8.03. The van der Waals surface area contributed by atoms with Crippen LogP contribution in [-0.2, 0) is 11.3 Å². The molecule has 2 heterocycles. The van der Waals surface area contributed by atoms with Crippen LogP contribution in [0.5, 0.6) is 0 Å². The summed E-state index contributed by atoms with van der Waals surface area (Å²) in [6.07, 6.45) is 1.92. The molecule has 0 aliphatic carbocycles. The van der Waals surface area contributed by atoms with E-state index in [4.69, 9.17) is 11.6 Å². The second-order valence-electron chi connectivity index (χ2n) is 8.82. The van der Waals surface area contributed by atoms with E-state index >= 15 is 0 Å². The average molecular weight is 530 g/mol. The Morgan fingerprint density at radius 3 is 2.54 bits per heavy atom. The van der Waals surface area contributed by atoms with Crippen molar-refractivity contribution in [1.82, 2.24) is 9.47 Å². The number of aliphatic imine (C=N–C) groups is 1. The number of halogens is 1. The molecule has 1 aliphatic rings. The minimum absolute atomic E-state index is 0.155. The van der Waals surface area contributed by atoms with E-state index in [0.717, 1.165) is 27.7 Å². The number of hydrogen-bond donors (Lipinski definition) is 1. The van der Waals surface area contributed by atoms with Crippen LogP contribution in [0.3, 0.4) is 0 Å². The molecule has 1 amide bonds. The van der Waals surface area contributed by atoms with Crippen LogP contribution in [-0.4, -0.2) is 38.7 Å². The summed E-state index contributed by atoms with van der Waals surface area (Å²) in [6, 6.07) is 20.9. The maximum atomic E-state index is 13.2. The van der Waals surface area contributed by atoms with Crippen molar-refractivity contribution in [2.75, 3.05) is 7.05 Å². The quantitative estimate of drug-likeness (QED) is 0.285. The maximum Gasteiger partial charge on any atom is 0.336 e. The van der Waals surface area contributed by atoms with E-state index in [2.05, 4.69) is 21.7 Å². The first-order valence-corrected chi connectivity index (χ1v) is 12.9. The molecule has 0 atom stereocenters. The number of hydrogen-bond acceptors (Lipinski definition) is 4. The van der Waals surface area contributed by atoms with E-state index in [1.807, 2.05) is 49.4 Å². The van der Waals surface area contributed by atoms with Crippen molar-refractivity contribution in [3.63, 3.8) is 0 Å². The molecule has 186 valence electrons. The van der Waals surface area contributed by atoms with Gasteiger partial charge in [0, 0.05) is 40.8 Å². The number of likely N-dealkylation sites (N-methyl/N-ethyl adjacent to an activating group) is 1. The molecular weight excluding hydrogens is 506 g/mol. The number of aromatic carboxylic acids is 1. The third-order valence-electron chi connectivity index (χ3n) is 6.60. The summed E-state index contributed by atoms with van der Waals surface area (Å²) in [6.45, 7) is 4.38. The molecule has 1 aromatic heterocycles. The predicted octanol–water partition coefficient (Wildman–Crippen LogP) is 6.89. The van der Waals surface area contributed by atoms with Crippen molar-refractivity contribution < 1.29 is 14.7 Å². The molecule has 0 spiro atoms. The first-order valence-electron chi connectivity index (χ1n) is 11.7. The van der Waals surface area contributed by atoms with Crippen molar-refractivity contribution in [1.29, 1.82) is 0 Å². The summed E-state index contributed by atoms with van der Waals surface area (Å²) in [5, 5.41) is 11.7. The van der Waals surface area contributed by atoms with Gasteiger partial charge in [0.25, 0.3) is 5.91 Å². The summed E-state index contributed by atoms with van der Waals surface area (Å²) in [5.74, 6) is -1.16. The van der Waals surface area contributed by atoms with E-state index in [1.54, 1.807) is 32.2 Å². The Kier molecular flexibility index (Phi) is 6.67. The Morgan fingerprint density at radius 2 is 1.78 bits per heavy atom. The van der Waals surface area contributed by atoms with Gasteiger partial charge in [-0.25, -0.2) is 9.79 Å². The molecule has 1 saturated heterocycles. The highest BCUT2D eigenvalue weighted by atomic mass is 35.5. The molecule has 0 radical (unpaired) electrons. The molecular formula is C29H24ClN3O3S. The lowest BCUT2D eigenvalue weighted by molar-refractivity contribution is -0.121. The van der Waals surface area contributed by atoms with Crippen molar-refractivity contribution >= 4 is 63.1 Å².